The Bertz CT molecular complexity index is 1280. The van der Waals surface area contributed by atoms with Gasteiger partial charge in [0, 0.05) is 38.4 Å². The van der Waals surface area contributed by atoms with E-state index in [1.165, 1.54) is 6.20 Å². The molecule has 0 amide bonds. The number of carbonyl (C=O) groups is 1. The molecule has 0 saturated carbocycles. The first-order valence-electron chi connectivity index (χ1n) is 9.51. The molecule has 6 N–H and O–H groups in total. The second-order valence-corrected chi connectivity index (χ2v) is 6.80. The standard InChI is InChI=1S/C20H22N4O7/c25-7-5-24(6-8-26)4-3-21-10-12-14(28)9-15(29)19-17(12)23-18-13(27)2-1-11(20(30)31)16(18)22-19/h1-2,9-10,21-22,25-26,28H,3-8H2,(H,30,31). The molecule has 0 fully saturated rings. The fourth-order valence-corrected chi connectivity index (χ4v) is 3.27. The Labute approximate surface area is 174 Å². The number of aromatic nitrogens is 2. The number of H-pyrrole nitrogens is 1. The van der Waals surface area contributed by atoms with Crippen molar-refractivity contribution in [3.63, 3.8) is 0 Å². The highest BCUT2D eigenvalue weighted by Gasteiger charge is 2.16. The zero-order chi connectivity index (χ0) is 22.5. The lowest BCUT2D eigenvalue weighted by Crippen LogP contribution is -2.35. The van der Waals surface area contributed by atoms with Crippen molar-refractivity contribution in [3.8, 4) is 5.75 Å². The number of aromatic amines is 1. The summed E-state index contributed by atoms with van der Waals surface area (Å²) in [5.41, 5.74) is -1.60. The van der Waals surface area contributed by atoms with Crippen LogP contribution in [0.15, 0.2) is 27.8 Å². The maximum absolute atomic E-state index is 12.4. The van der Waals surface area contributed by atoms with Gasteiger partial charge >= 0.3 is 5.97 Å². The van der Waals surface area contributed by atoms with E-state index in [1.807, 2.05) is 4.90 Å². The fraction of sp³-hybridized carbons (Fsp3) is 0.300. The highest BCUT2D eigenvalue weighted by atomic mass is 16.4. The molecule has 0 aliphatic heterocycles. The zero-order valence-electron chi connectivity index (χ0n) is 16.5. The Balaban J connectivity index is 2.08. The van der Waals surface area contributed by atoms with Gasteiger partial charge < -0.3 is 30.7 Å². The molecule has 0 spiro atoms. The first-order chi connectivity index (χ1) is 14.9. The highest BCUT2D eigenvalue weighted by Crippen LogP contribution is 2.15. The Hall–Kier alpha value is -3.54. The monoisotopic (exact) mass is 430 g/mol. The number of phenolic OH excluding ortho intramolecular Hbond substituents is 1. The molecule has 164 valence electrons. The molecule has 11 nitrogen and oxygen atoms in total. The number of carboxylic acids is 1. The molecule has 0 atom stereocenters. The third-order valence-electron chi connectivity index (χ3n) is 4.78. The molecule has 0 radical (unpaired) electrons. The Kier molecular flexibility index (Phi) is 6.80. The first-order valence-corrected chi connectivity index (χ1v) is 9.51. The Morgan fingerprint density at radius 3 is 2.42 bits per heavy atom. The molecule has 1 heterocycles. The van der Waals surface area contributed by atoms with Crippen molar-refractivity contribution in [3.05, 3.63) is 49.4 Å². The summed E-state index contributed by atoms with van der Waals surface area (Å²) in [4.78, 5) is 44.8. The minimum absolute atomic E-state index is 0.0206. The van der Waals surface area contributed by atoms with Crippen molar-refractivity contribution in [2.75, 3.05) is 39.4 Å². The van der Waals surface area contributed by atoms with Gasteiger partial charge in [-0.25, -0.2) is 9.78 Å². The SMILES string of the molecule is O=C(O)c1ccc(=O)c2nc3c(=CNCCN(CCO)CCO)c(O)cc(=O)c3[nH]c12. The van der Waals surface area contributed by atoms with Gasteiger partial charge in [-0.2, -0.15) is 0 Å². The van der Waals surface area contributed by atoms with Crippen LogP contribution < -0.4 is 21.4 Å². The van der Waals surface area contributed by atoms with E-state index in [-0.39, 0.29) is 51.8 Å². The van der Waals surface area contributed by atoms with Crippen molar-refractivity contribution in [2.45, 2.75) is 0 Å². The molecule has 3 aromatic rings. The van der Waals surface area contributed by atoms with Gasteiger partial charge in [0.25, 0.3) is 0 Å². The summed E-state index contributed by atoms with van der Waals surface area (Å²) in [6.07, 6.45) is 1.44. The molecular formula is C20H22N4O7. The number of hydrogen-bond donors (Lipinski definition) is 6. The summed E-state index contributed by atoms with van der Waals surface area (Å²) in [5, 5.41) is 40.9. The molecule has 0 saturated heterocycles. The second-order valence-electron chi connectivity index (χ2n) is 6.80. The van der Waals surface area contributed by atoms with Gasteiger partial charge in [0.15, 0.2) is 0 Å². The first kappa shape index (κ1) is 22.2. The smallest absolute Gasteiger partial charge is 0.337 e. The lowest BCUT2D eigenvalue weighted by molar-refractivity contribution is 0.0698. The minimum atomic E-state index is -1.28. The number of aromatic carboxylic acids is 1. The molecule has 2 aromatic carbocycles. The van der Waals surface area contributed by atoms with Crippen LogP contribution >= 0.6 is 0 Å². The summed E-state index contributed by atoms with van der Waals surface area (Å²) >= 11 is 0. The summed E-state index contributed by atoms with van der Waals surface area (Å²) in [6, 6.07) is 3.20. The lowest BCUT2D eigenvalue weighted by Gasteiger charge is -2.19. The van der Waals surface area contributed by atoms with Crippen molar-refractivity contribution in [1.82, 2.24) is 20.2 Å². The number of nitrogens with one attached hydrogen (secondary N) is 2. The van der Waals surface area contributed by atoms with E-state index in [4.69, 9.17) is 10.2 Å². The number of hydrogen-bond acceptors (Lipinski definition) is 9. The van der Waals surface area contributed by atoms with Crippen molar-refractivity contribution < 1.29 is 25.2 Å². The number of rotatable bonds is 9. The lowest BCUT2D eigenvalue weighted by atomic mass is 10.1. The van der Waals surface area contributed by atoms with Crippen molar-refractivity contribution in [2.24, 2.45) is 0 Å². The topological polar surface area (TPSA) is 176 Å². The van der Waals surface area contributed by atoms with Crippen molar-refractivity contribution in [1.29, 1.82) is 0 Å². The van der Waals surface area contributed by atoms with Crippen LogP contribution in [0.1, 0.15) is 10.4 Å². The third kappa shape index (κ3) is 4.63. The molecular weight excluding hydrogens is 408 g/mol. The number of aromatic hydroxyl groups is 1. The largest absolute Gasteiger partial charge is 0.507 e. The average Bonchev–Trinajstić information content (AvgIpc) is 2.72. The molecule has 11 heteroatoms. The zero-order valence-corrected chi connectivity index (χ0v) is 16.5. The van der Waals surface area contributed by atoms with Crippen LogP contribution in [-0.2, 0) is 0 Å². The van der Waals surface area contributed by atoms with E-state index < -0.39 is 16.8 Å². The third-order valence-corrected chi connectivity index (χ3v) is 4.78. The van der Waals surface area contributed by atoms with Gasteiger partial charge in [-0.1, -0.05) is 0 Å². The van der Waals surface area contributed by atoms with E-state index >= 15 is 0 Å². The quantitative estimate of drug-likeness (QED) is 0.167. The van der Waals surface area contributed by atoms with E-state index in [0.29, 0.717) is 26.2 Å². The van der Waals surface area contributed by atoms with Crippen LogP contribution in [0.2, 0.25) is 0 Å². The molecule has 0 bridgehead atoms. The Morgan fingerprint density at radius 2 is 1.77 bits per heavy atom. The number of benzene rings is 2. The number of aliphatic hydroxyl groups is 2. The minimum Gasteiger partial charge on any atom is -0.507 e. The number of phenols is 1. The molecule has 3 rings (SSSR count). The van der Waals surface area contributed by atoms with E-state index in [0.717, 1.165) is 18.2 Å². The fourth-order valence-electron chi connectivity index (χ4n) is 3.27. The van der Waals surface area contributed by atoms with Crippen LogP contribution in [0.5, 0.6) is 5.75 Å². The van der Waals surface area contributed by atoms with Crippen LogP contribution in [0, 0.1) is 0 Å². The number of nitrogens with zero attached hydrogens (tertiary/aromatic N) is 2. The number of carboxylic acid groups (broad SMARTS) is 1. The average molecular weight is 430 g/mol. The summed E-state index contributed by atoms with van der Waals surface area (Å²) in [6.45, 7) is 1.56. The normalized spacial score (nSPS) is 12.2. The maximum atomic E-state index is 12.4. The maximum Gasteiger partial charge on any atom is 0.337 e. The summed E-state index contributed by atoms with van der Waals surface area (Å²) in [5.74, 6) is -1.63. The predicted octanol–water partition coefficient (Wildman–Crippen LogP) is -1.83. The number of aliphatic hydroxyl groups excluding tert-OH is 2. The van der Waals surface area contributed by atoms with Crippen molar-refractivity contribution >= 4 is 34.2 Å². The predicted molar refractivity (Wildman–Crippen MR) is 113 cm³/mol. The summed E-state index contributed by atoms with van der Waals surface area (Å²) < 4.78 is 0. The van der Waals surface area contributed by atoms with Crippen LogP contribution in [-0.4, -0.2) is 80.7 Å². The van der Waals surface area contributed by atoms with Gasteiger partial charge in [0.05, 0.1) is 29.5 Å². The highest BCUT2D eigenvalue weighted by molar-refractivity contribution is 6.02. The molecule has 31 heavy (non-hydrogen) atoms. The number of fused-ring (bicyclic) bond motifs is 2. The Morgan fingerprint density at radius 1 is 1.06 bits per heavy atom. The van der Waals surface area contributed by atoms with Gasteiger partial charge in [0.2, 0.25) is 10.9 Å². The van der Waals surface area contributed by atoms with Gasteiger partial charge in [-0.3, -0.25) is 14.5 Å². The van der Waals surface area contributed by atoms with E-state index in [9.17, 15) is 24.6 Å². The van der Waals surface area contributed by atoms with Crippen LogP contribution in [0.3, 0.4) is 0 Å². The van der Waals surface area contributed by atoms with Gasteiger partial charge in [-0.15, -0.1) is 0 Å². The van der Waals surface area contributed by atoms with Crippen LogP contribution in [0.4, 0.5) is 0 Å². The molecule has 1 aromatic heterocycles. The van der Waals surface area contributed by atoms with Crippen LogP contribution in [0.25, 0.3) is 28.3 Å². The molecule has 0 aliphatic carbocycles. The van der Waals surface area contributed by atoms with E-state index in [2.05, 4.69) is 15.3 Å². The summed E-state index contributed by atoms with van der Waals surface area (Å²) in [7, 11) is 0. The molecule has 0 unspecified atom stereocenters. The van der Waals surface area contributed by atoms with E-state index in [1.54, 1.807) is 0 Å². The molecule has 0 aliphatic rings. The van der Waals surface area contributed by atoms with Gasteiger partial charge in [0.1, 0.15) is 22.3 Å². The second kappa shape index (κ2) is 9.51. The van der Waals surface area contributed by atoms with Gasteiger partial charge in [-0.05, 0) is 12.1 Å².